The van der Waals surface area contributed by atoms with Crippen LogP contribution in [0.3, 0.4) is 0 Å². The lowest BCUT2D eigenvalue weighted by molar-refractivity contribution is -0.118. The molecule has 0 heterocycles. The van der Waals surface area contributed by atoms with Crippen molar-refractivity contribution in [3.05, 3.63) is 24.3 Å². The predicted molar refractivity (Wildman–Crippen MR) is 70.1 cm³/mol. The molecular weight excluding hydrogens is 230 g/mol. The van der Waals surface area contributed by atoms with Crippen LogP contribution < -0.4 is 16.4 Å². The molecular formula is C13H17N3O2. The molecule has 5 heteroatoms. The minimum atomic E-state index is -0.542. The SMILES string of the molecule is C[C@@H](N)C(=O)Nc1ccc(NC(=O)C2CC2)cc1. The first-order valence-electron chi connectivity index (χ1n) is 6.03. The zero-order chi connectivity index (χ0) is 13.1. The van der Waals surface area contributed by atoms with Crippen LogP contribution in [0.25, 0.3) is 0 Å². The highest BCUT2D eigenvalue weighted by Crippen LogP contribution is 2.30. The van der Waals surface area contributed by atoms with Crippen molar-refractivity contribution in [2.24, 2.45) is 11.7 Å². The summed E-state index contributed by atoms with van der Waals surface area (Å²) in [5.41, 5.74) is 6.86. The molecule has 1 aliphatic carbocycles. The number of anilines is 2. The second-order valence-electron chi connectivity index (χ2n) is 4.62. The van der Waals surface area contributed by atoms with Gasteiger partial charge in [0, 0.05) is 17.3 Å². The molecule has 1 aliphatic rings. The fourth-order valence-electron chi connectivity index (χ4n) is 1.48. The first kappa shape index (κ1) is 12.6. The predicted octanol–water partition coefficient (Wildman–Crippen LogP) is 1.32. The summed E-state index contributed by atoms with van der Waals surface area (Å²) in [4.78, 5) is 22.9. The zero-order valence-corrected chi connectivity index (χ0v) is 10.3. The van der Waals surface area contributed by atoms with E-state index in [1.54, 1.807) is 31.2 Å². The summed E-state index contributed by atoms with van der Waals surface area (Å²) in [6.07, 6.45) is 1.96. The highest BCUT2D eigenvalue weighted by Gasteiger charge is 2.29. The van der Waals surface area contributed by atoms with Gasteiger partial charge in [-0.05, 0) is 44.0 Å². The molecule has 0 bridgehead atoms. The molecule has 0 saturated heterocycles. The van der Waals surface area contributed by atoms with Gasteiger partial charge >= 0.3 is 0 Å². The second-order valence-corrected chi connectivity index (χ2v) is 4.62. The lowest BCUT2D eigenvalue weighted by Crippen LogP contribution is -2.32. The van der Waals surface area contributed by atoms with Gasteiger partial charge in [0.25, 0.3) is 0 Å². The van der Waals surface area contributed by atoms with Gasteiger partial charge in [0.05, 0.1) is 6.04 Å². The Morgan fingerprint density at radius 2 is 1.67 bits per heavy atom. The van der Waals surface area contributed by atoms with Gasteiger partial charge in [-0.3, -0.25) is 9.59 Å². The average molecular weight is 247 g/mol. The fraction of sp³-hybridized carbons (Fsp3) is 0.385. The topological polar surface area (TPSA) is 84.2 Å². The van der Waals surface area contributed by atoms with E-state index in [-0.39, 0.29) is 17.7 Å². The Bertz CT molecular complexity index is 415. The van der Waals surface area contributed by atoms with Crippen LogP contribution in [0.2, 0.25) is 0 Å². The lowest BCUT2D eigenvalue weighted by atomic mass is 10.2. The maximum Gasteiger partial charge on any atom is 0.240 e. The van der Waals surface area contributed by atoms with E-state index in [4.69, 9.17) is 5.73 Å². The Labute approximate surface area is 106 Å². The van der Waals surface area contributed by atoms with Gasteiger partial charge in [0.15, 0.2) is 0 Å². The molecule has 0 radical (unpaired) electrons. The molecule has 1 aromatic rings. The minimum Gasteiger partial charge on any atom is -0.326 e. The fourth-order valence-corrected chi connectivity index (χ4v) is 1.48. The molecule has 1 fully saturated rings. The van der Waals surface area contributed by atoms with Crippen LogP contribution >= 0.6 is 0 Å². The monoisotopic (exact) mass is 247 g/mol. The third kappa shape index (κ3) is 3.30. The summed E-state index contributed by atoms with van der Waals surface area (Å²) in [7, 11) is 0. The molecule has 1 atom stereocenters. The van der Waals surface area contributed by atoms with Crippen LogP contribution in [-0.2, 0) is 9.59 Å². The average Bonchev–Trinajstić information content (AvgIpc) is 3.15. The summed E-state index contributed by atoms with van der Waals surface area (Å²) in [6.45, 7) is 1.62. The van der Waals surface area contributed by atoms with Crippen molar-refractivity contribution in [1.29, 1.82) is 0 Å². The standard InChI is InChI=1S/C13H17N3O2/c1-8(14)12(17)15-10-4-6-11(7-5-10)16-13(18)9-2-3-9/h4-9H,2-3,14H2,1H3,(H,15,17)(H,16,18)/t8-/m1/s1. The number of nitrogens with two attached hydrogens (primary N) is 1. The summed E-state index contributed by atoms with van der Waals surface area (Å²) in [6, 6.07) is 6.46. The normalized spacial score (nSPS) is 15.9. The minimum absolute atomic E-state index is 0.0716. The van der Waals surface area contributed by atoms with Crippen LogP contribution in [0, 0.1) is 5.92 Å². The van der Waals surface area contributed by atoms with E-state index in [0.29, 0.717) is 5.69 Å². The Morgan fingerprint density at radius 3 is 2.11 bits per heavy atom. The molecule has 0 unspecified atom stereocenters. The summed E-state index contributed by atoms with van der Waals surface area (Å²) >= 11 is 0. The first-order valence-corrected chi connectivity index (χ1v) is 6.03. The van der Waals surface area contributed by atoms with Crippen LogP contribution in [-0.4, -0.2) is 17.9 Å². The number of nitrogens with one attached hydrogen (secondary N) is 2. The van der Waals surface area contributed by atoms with Crippen molar-refractivity contribution in [1.82, 2.24) is 0 Å². The van der Waals surface area contributed by atoms with Gasteiger partial charge in [0.2, 0.25) is 11.8 Å². The number of rotatable bonds is 4. The van der Waals surface area contributed by atoms with Gasteiger partial charge in [-0.1, -0.05) is 0 Å². The highest BCUT2D eigenvalue weighted by atomic mass is 16.2. The second kappa shape index (κ2) is 5.18. The number of amides is 2. The number of hydrogen-bond donors (Lipinski definition) is 3. The lowest BCUT2D eigenvalue weighted by Gasteiger charge is -2.09. The molecule has 0 spiro atoms. The van der Waals surface area contributed by atoms with Gasteiger partial charge in [0.1, 0.15) is 0 Å². The molecule has 1 saturated carbocycles. The molecule has 1 aromatic carbocycles. The van der Waals surface area contributed by atoms with E-state index in [9.17, 15) is 9.59 Å². The number of benzene rings is 1. The van der Waals surface area contributed by atoms with Gasteiger partial charge in [-0.25, -0.2) is 0 Å². The Hall–Kier alpha value is -1.88. The van der Waals surface area contributed by atoms with Crippen molar-refractivity contribution in [2.45, 2.75) is 25.8 Å². The number of carbonyl (C=O) groups excluding carboxylic acids is 2. The summed E-state index contributed by atoms with van der Waals surface area (Å²) in [5.74, 6) is 0.0228. The molecule has 96 valence electrons. The van der Waals surface area contributed by atoms with Gasteiger partial charge in [-0.2, -0.15) is 0 Å². The first-order chi connectivity index (χ1) is 8.56. The molecule has 4 N–H and O–H groups in total. The Balaban J connectivity index is 1.92. The molecule has 18 heavy (non-hydrogen) atoms. The van der Waals surface area contributed by atoms with Crippen molar-refractivity contribution >= 4 is 23.2 Å². The largest absolute Gasteiger partial charge is 0.326 e. The van der Waals surface area contributed by atoms with E-state index in [1.807, 2.05) is 0 Å². The summed E-state index contributed by atoms with van der Waals surface area (Å²) < 4.78 is 0. The van der Waals surface area contributed by atoms with Crippen LogP contribution in [0.15, 0.2) is 24.3 Å². The van der Waals surface area contributed by atoms with E-state index < -0.39 is 6.04 Å². The molecule has 2 amide bonds. The van der Waals surface area contributed by atoms with E-state index in [1.165, 1.54) is 0 Å². The van der Waals surface area contributed by atoms with Crippen LogP contribution in [0.4, 0.5) is 11.4 Å². The van der Waals surface area contributed by atoms with Crippen LogP contribution in [0.5, 0.6) is 0 Å². The molecule has 5 nitrogen and oxygen atoms in total. The van der Waals surface area contributed by atoms with E-state index in [2.05, 4.69) is 10.6 Å². The van der Waals surface area contributed by atoms with Crippen molar-refractivity contribution in [3.63, 3.8) is 0 Å². The van der Waals surface area contributed by atoms with Crippen LogP contribution in [0.1, 0.15) is 19.8 Å². The smallest absolute Gasteiger partial charge is 0.240 e. The molecule has 0 aromatic heterocycles. The quantitative estimate of drug-likeness (QED) is 0.750. The maximum atomic E-state index is 11.5. The molecule has 2 rings (SSSR count). The van der Waals surface area contributed by atoms with Gasteiger partial charge < -0.3 is 16.4 Å². The van der Waals surface area contributed by atoms with E-state index in [0.717, 1.165) is 18.5 Å². The van der Waals surface area contributed by atoms with Crippen molar-refractivity contribution < 1.29 is 9.59 Å². The number of carbonyl (C=O) groups is 2. The molecule has 0 aliphatic heterocycles. The third-order valence-corrected chi connectivity index (χ3v) is 2.78. The Morgan fingerprint density at radius 1 is 1.17 bits per heavy atom. The maximum absolute atomic E-state index is 11.5. The Kier molecular flexibility index (Phi) is 3.62. The van der Waals surface area contributed by atoms with Crippen molar-refractivity contribution in [2.75, 3.05) is 10.6 Å². The summed E-state index contributed by atoms with van der Waals surface area (Å²) in [5, 5.41) is 5.51. The number of hydrogen-bond acceptors (Lipinski definition) is 3. The van der Waals surface area contributed by atoms with Gasteiger partial charge in [-0.15, -0.1) is 0 Å². The highest BCUT2D eigenvalue weighted by molar-refractivity contribution is 5.96. The zero-order valence-electron chi connectivity index (χ0n) is 10.3. The third-order valence-electron chi connectivity index (χ3n) is 2.78. The van der Waals surface area contributed by atoms with E-state index >= 15 is 0 Å². The van der Waals surface area contributed by atoms with Crippen molar-refractivity contribution in [3.8, 4) is 0 Å².